The van der Waals surface area contributed by atoms with Gasteiger partial charge in [0.25, 0.3) is 0 Å². The minimum atomic E-state index is -0.0765. The first-order valence-corrected chi connectivity index (χ1v) is 10.0. The van der Waals surface area contributed by atoms with Crippen molar-refractivity contribution in [3.05, 3.63) is 0 Å². The molecule has 26 heavy (non-hydrogen) atoms. The second-order valence-corrected chi connectivity index (χ2v) is 8.24. The summed E-state index contributed by atoms with van der Waals surface area (Å²) in [6.45, 7) is 11.7. The summed E-state index contributed by atoms with van der Waals surface area (Å²) < 4.78 is 5.22. The SMILES string of the molecule is CCN1C(=O)[C@H]2CN(CCOC)C[C@H]2C12CCN(C(=O)NC(C)C)CC2. The molecule has 0 bridgehead atoms. The standard InChI is InChI=1S/C19H34N4O3/c1-5-23-17(24)15-12-21(10-11-26-4)13-16(15)19(23)6-8-22(9-7-19)18(25)20-14(2)3/h14-16H,5-13H2,1-4H3,(H,20,25)/t15-,16+/m0/s1. The molecule has 0 unspecified atom stereocenters. The van der Waals surface area contributed by atoms with Gasteiger partial charge in [-0.2, -0.15) is 0 Å². The third-order valence-electron chi connectivity index (χ3n) is 6.46. The van der Waals surface area contributed by atoms with Gasteiger partial charge < -0.3 is 19.9 Å². The van der Waals surface area contributed by atoms with E-state index >= 15 is 0 Å². The van der Waals surface area contributed by atoms with E-state index in [0.29, 0.717) is 18.4 Å². The Labute approximate surface area is 157 Å². The Balaban J connectivity index is 1.71. The highest BCUT2D eigenvalue weighted by molar-refractivity contribution is 5.84. The number of urea groups is 1. The monoisotopic (exact) mass is 366 g/mol. The zero-order chi connectivity index (χ0) is 18.9. The summed E-state index contributed by atoms with van der Waals surface area (Å²) in [5.74, 6) is 0.808. The molecule has 148 valence electrons. The van der Waals surface area contributed by atoms with Crippen LogP contribution in [-0.2, 0) is 9.53 Å². The summed E-state index contributed by atoms with van der Waals surface area (Å²) in [4.78, 5) is 31.8. The summed E-state index contributed by atoms with van der Waals surface area (Å²) in [6.07, 6.45) is 1.77. The van der Waals surface area contributed by atoms with Crippen molar-refractivity contribution in [2.75, 3.05) is 53.0 Å². The molecular formula is C19H34N4O3. The summed E-state index contributed by atoms with van der Waals surface area (Å²) in [6, 6.07) is 0.166. The number of hydrogen-bond donors (Lipinski definition) is 1. The first-order valence-electron chi connectivity index (χ1n) is 10.0. The largest absolute Gasteiger partial charge is 0.383 e. The number of fused-ring (bicyclic) bond motifs is 2. The maximum Gasteiger partial charge on any atom is 0.317 e. The van der Waals surface area contributed by atoms with E-state index in [1.807, 2.05) is 18.7 Å². The fourth-order valence-electron chi connectivity index (χ4n) is 5.25. The minimum Gasteiger partial charge on any atom is -0.383 e. The molecule has 3 rings (SSSR count). The molecule has 3 heterocycles. The van der Waals surface area contributed by atoms with Gasteiger partial charge in [-0.3, -0.25) is 9.69 Å². The van der Waals surface area contributed by atoms with Crippen LogP contribution in [0, 0.1) is 11.8 Å². The number of ether oxygens (including phenoxy) is 1. The Morgan fingerprint density at radius 2 is 2.00 bits per heavy atom. The van der Waals surface area contributed by atoms with Crippen LogP contribution in [0.2, 0.25) is 0 Å². The number of methoxy groups -OCH3 is 1. The van der Waals surface area contributed by atoms with E-state index in [9.17, 15) is 9.59 Å². The number of nitrogens with one attached hydrogen (secondary N) is 1. The van der Waals surface area contributed by atoms with Crippen molar-refractivity contribution in [2.24, 2.45) is 11.8 Å². The third-order valence-corrected chi connectivity index (χ3v) is 6.46. The smallest absolute Gasteiger partial charge is 0.317 e. The van der Waals surface area contributed by atoms with E-state index in [-0.39, 0.29) is 23.5 Å². The predicted molar refractivity (Wildman–Crippen MR) is 99.9 cm³/mol. The maximum atomic E-state index is 13.0. The molecule has 3 saturated heterocycles. The second kappa shape index (κ2) is 7.72. The summed E-state index contributed by atoms with van der Waals surface area (Å²) in [5, 5.41) is 2.99. The zero-order valence-electron chi connectivity index (χ0n) is 16.7. The highest BCUT2D eigenvalue weighted by atomic mass is 16.5. The summed E-state index contributed by atoms with van der Waals surface area (Å²) >= 11 is 0. The Morgan fingerprint density at radius 3 is 2.58 bits per heavy atom. The van der Waals surface area contributed by atoms with Crippen LogP contribution < -0.4 is 5.32 Å². The fourth-order valence-corrected chi connectivity index (χ4v) is 5.25. The van der Waals surface area contributed by atoms with Crippen LogP contribution >= 0.6 is 0 Å². The normalized spacial score (nSPS) is 28.3. The molecule has 0 aromatic rings. The molecule has 0 aromatic carbocycles. The molecular weight excluding hydrogens is 332 g/mol. The van der Waals surface area contributed by atoms with Gasteiger partial charge in [-0.25, -0.2) is 4.79 Å². The average Bonchev–Trinajstić information content (AvgIpc) is 3.12. The predicted octanol–water partition coefficient (Wildman–Crippen LogP) is 0.996. The Morgan fingerprint density at radius 1 is 1.31 bits per heavy atom. The lowest BCUT2D eigenvalue weighted by molar-refractivity contribution is -0.135. The Kier molecular flexibility index (Phi) is 5.77. The quantitative estimate of drug-likeness (QED) is 0.788. The Hall–Kier alpha value is -1.34. The maximum absolute atomic E-state index is 13.0. The van der Waals surface area contributed by atoms with E-state index in [1.165, 1.54) is 0 Å². The molecule has 1 spiro atoms. The molecule has 0 radical (unpaired) electrons. The van der Waals surface area contributed by atoms with Gasteiger partial charge in [-0.1, -0.05) is 0 Å². The van der Waals surface area contributed by atoms with Gasteiger partial charge in [0.1, 0.15) is 0 Å². The number of amides is 3. The highest BCUT2D eigenvalue weighted by Crippen LogP contribution is 2.49. The molecule has 7 nitrogen and oxygen atoms in total. The lowest BCUT2D eigenvalue weighted by Gasteiger charge is -2.47. The first-order chi connectivity index (χ1) is 12.4. The van der Waals surface area contributed by atoms with Gasteiger partial charge in [0.05, 0.1) is 18.1 Å². The molecule has 3 aliphatic rings. The number of nitrogens with zero attached hydrogens (tertiary/aromatic N) is 3. The van der Waals surface area contributed by atoms with Crippen LogP contribution in [0.15, 0.2) is 0 Å². The number of rotatable bonds is 5. The third kappa shape index (κ3) is 3.31. The number of hydrogen-bond acceptors (Lipinski definition) is 4. The highest BCUT2D eigenvalue weighted by Gasteiger charge is 2.61. The van der Waals surface area contributed by atoms with Crippen molar-refractivity contribution >= 4 is 11.9 Å². The van der Waals surface area contributed by atoms with Crippen LogP contribution in [0.4, 0.5) is 4.79 Å². The van der Waals surface area contributed by atoms with Crippen LogP contribution in [0.5, 0.6) is 0 Å². The van der Waals surface area contributed by atoms with Gasteiger partial charge in [0.2, 0.25) is 5.91 Å². The first kappa shape index (κ1) is 19.4. The minimum absolute atomic E-state index is 0.0203. The van der Waals surface area contributed by atoms with Crippen LogP contribution in [-0.4, -0.2) is 91.2 Å². The van der Waals surface area contributed by atoms with E-state index in [2.05, 4.69) is 22.0 Å². The summed E-state index contributed by atoms with van der Waals surface area (Å²) in [5.41, 5.74) is -0.0765. The van der Waals surface area contributed by atoms with Crippen LogP contribution in [0.1, 0.15) is 33.6 Å². The van der Waals surface area contributed by atoms with Crippen molar-refractivity contribution in [2.45, 2.75) is 45.2 Å². The van der Waals surface area contributed by atoms with Crippen molar-refractivity contribution < 1.29 is 14.3 Å². The molecule has 0 aromatic heterocycles. The van der Waals surface area contributed by atoms with Crippen molar-refractivity contribution in [1.82, 2.24) is 20.0 Å². The number of carbonyl (C=O) groups excluding carboxylic acids is 2. The van der Waals surface area contributed by atoms with Gasteiger partial charge in [0.15, 0.2) is 0 Å². The van der Waals surface area contributed by atoms with E-state index in [0.717, 1.165) is 52.1 Å². The second-order valence-electron chi connectivity index (χ2n) is 8.24. The number of carbonyl (C=O) groups is 2. The zero-order valence-corrected chi connectivity index (χ0v) is 16.7. The molecule has 1 N–H and O–H groups in total. The molecule has 0 saturated carbocycles. The molecule has 2 atom stereocenters. The van der Waals surface area contributed by atoms with Crippen LogP contribution in [0.3, 0.4) is 0 Å². The fraction of sp³-hybridized carbons (Fsp3) is 0.895. The number of likely N-dealkylation sites (tertiary alicyclic amines) is 3. The molecule has 3 aliphatic heterocycles. The molecule has 3 fully saturated rings. The molecule has 0 aliphatic carbocycles. The van der Waals surface area contributed by atoms with Crippen LogP contribution in [0.25, 0.3) is 0 Å². The van der Waals surface area contributed by atoms with Crippen molar-refractivity contribution in [3.63, 3.8) is 0 Å². The lowest BCUT2D eigenvalue weighted by atomic mass is 9.75. The summed E-state index contributed by atoms with van der Waals surface area (Å²) in [7, 11) is 1.72. The van der Waals surface area contributed by atoms with Crippen molar-refractivity contribution in [1.29, 1.82) is 0 Å². The van der Waals surface area contributed by atoms with Gasteiger partial charge in [-0.05, 0) is 33.6 Å². The molecule has 3 amide bonds. The van der Waals surface area contributed by atoms with Gasteiger partial charge in [-0.15, -0.1) is 0 Å². The number of piperidine rings is 1. The van der Waals surface area contributed by atoms with E-state index < -0.39 is 0 Å². The average molecular weight is 367 g/mol. The topological polar surface area (TPSA) is 65.1 Å². The lowest BCUT2D eigenvalue weighted by Crippen LogP contribution is -2.59. The van der Waals surface area contributed by atoms with Crippen molar-refractivity contribution in [3.8, 4) is 0 Å². The Bertz CT molecular complexity index is 531. The molecule has 7 heteroatoms. The van der Waals surface area contributed by atoms with Gasteiger partial charge >= 0.3 is 6.03 Å². The van der Waals surface area contributed by atoms with E-state index in [1.54, 1.807) is 7.11 Å². The van der Waals surface area contributed by atoms with E-state index in [4.69, 9.17) is 4.74 Å². The van der Waals surface area contributed by atoms with Gasteiger partial charge in [0, 0.05) is 58.3 Å².